The van der Waals surface area contributed by atoms with Crippen LogP contribution in [0.5, 0.6) is 0 Å². The highest BCUT2D eigenvalue weighted by molar-refractivity contribution is 7.20. The molecule has 6 heteroatoms. The SMILES string of the molecule is Nc1ccc(Cc2nc(-c3cc(Cl)sc3Cl)cs2)cc1. The van der Waals surface area contributed by atoms with Crippen LogP contribution in [0.15, 0.2) is 35.7 Å². The van der Waals surface area contributed by atoms with E-state index in [1.54, 1.807) is 11.3 Å². The summed E-state index contributed by atoms with van der Waals surface area (Å²) in [5, 5.41) is 3.06. The topological polar surface area (TPSA) is 38.9 Å². The highest BCUT2D eigenvalue weighted by atomic mass is 35.5. The first-order valence-corrected chi connectivity index (χ1v) is 8.31. The van der Waals surface area contributed by atoms with Crippen molar-refractivity contribution in [3.05, 3.63) is 55.0 Å². The molecule has 0 saturated heterocycles. The molecule has 0 saturated carbocycles. The van der Waals surface area contributed by atoms with Crippen molar-refractivity contribution in [2.45, 2.75) is 6.42 Å². The van der Waals surface area contributed by atoms with Gasteiger partial charge in [-0.15, -0.1) is 22.7 Å². The number of thiazole rings is 1. The normalized spacial score (nSPS) is 10.9. The number of benzene rings is 1. The molecule has 3 rings (SSSR count). The van der Waals surface area contributed by atoms with Crippen LogP contribution >= 0.6 is 45.9 Å². The van der Waals surface area contributed by atoms with Crippen LogP contribution in [0.3, 0.4) is 0 Å². The second-order valence-electron chi connectivity index (χ2n) is 4.28. The number of rotatable bonds is 3. The second kappa shape index (κ2) is 5.74. The van der Waals surface area contributed by atoms with Crippen molar-refractivity contribution in [3.8, 4) is 11.3 Å². The molecule has 102 valence electrons. The standard InChI is InChI=1S/C14H10Cl2N2S2/c15-12-6-10(14(16)20-12)11-7-19-13(18-11)5-8-1-3-9(17)4-2-8/h1-4,6-7H,5,17H2. The van der Waals surface area contributed by atoms with Crippen molar-refractivity contribution >= 4 is 51.6 Å². The second-order valence-corrected chi connectivity index (χ2v) is 7.51. The van der Waals surface area contributed by atoms with E-state index >= 15 is 0 Å². The van der Waals surface area contributed by atoms with Crippen LogP contribution < -0.4 is 5.73 Å². The average molecular weight is 341 g/mol. The lowest BCUT2D eigenvalue weighted by atomic mass is 10.1. The van der Waals surface area contributed by atoms with Gasteiger partial charge in [0.15, 0.2) is 0 Å². The Morgan fingerprint density at radius 2 is 1.90 bits per heavy atom. The Balaban J connectivity index is 1.83. The molecule has 2 nitrogen and oxygen atoms in total. The molecule has 0 radical (unpaired) electrons. The molecule has 1 aromatic carbocycles. The Labute approximate surface area is 134 Å². The predicted molar refractivity (Wildman–Crippen MR) is 89.1 cm³/mol. The maximum atomic E-state index is 6.15. The molecule has 0 aliphatic rings. The Morgan fingerprint density at radius 3 is 2.55 bits per heavy atom. The third-order valence-electron chi connectivity index (χ3n) is 2.82. The molecular weight excluding hydrogens is 331 g/mol. The summed E-state index contributed by atoms with van der Waals surface area (Å²) >= 11 is 15.1. The maximum absolute atomic E-state index is 6.15. The fourth-order valence-electron chi connectivity index (χ4n) is 1.84. The van der Waals surface area contributed by atoms with E-state index in [1.165, 1.54) is 16.9 Å². The number of nitrogen functional groups attached to an aromatic ring is 1. The van der Waals surface area contributed by atoms with Crippen LogP contribution in [-0.4, -0.2) is 4.98 Å². The number of thiophene rings is 1. The Bertz CT molecular complexity index is 732. The van der Waals surface area contributed by atoms with E-state index in [-0.39, 0.29) is 0 Å². The molecule has 0 unspecified atom stereocenters. The summed E-state index contributed by atoms with van der Waals surface area (Å²) in [5.41, 5.74) is 9.43. The van der Waals surface area contributed by atoms with Gasteiger partial charge in [-0.2, -0.15) is 0 Å². The molecule has 0 fully saturated rings. The van der Waals surface area contributed by atoms with Crippen molar-refractivity contribution in [1.29, 1.82) is 0 Å². The van der Waals surface area contributed by atoms with Crippen LogP contribution in [0, 0.1) is 0 Å². The van der Waals surface area contributed by atoms with Gasteiger partial charge < -0.3 is 5.73 Å². The monoisotopic (exact) mass is 340 g/mol. The zero-order valence-corrected chi connectivity index (χ0v) is 13.4. The number of hydrogen-bond acceptors (Lipinski definition) is 4. The fraction of sp³-hybridized carbons (Fsp3) is 0.0714. The van der Waals surface area contributed by atoms with Crippen molar-refractivity contribution < 1.29 is 0 Å². The highest BCUT2D eigenvalue weighted by Gasteiger charge is 2.12. The maximum Gasteiger partial charge on any atom is 0.104 e. The van der Waals surface area contributed by atoms with Crippen molar-refractivity contribution in [3.63, 3.8) is 0 Å². The van der Waals surface area contributed by atoms with Gasteiger partial charge in [-0.25, -0.2) is 4.98 Å². The molecule has 3 aromatic rings. The first-order chi connectivity index (χ1) is 9.61. The lowest BCUT2D eigenvalue weighted by Crippen LogP contribution is -1.89. The summed E-state index contributed by atoms with van der Waals surface area (Å²) in [4.78, 5) is 4.62. The molecule has 0 amide bonds. The Kier molecular flexibility index (Phi) is 3.98. The summed E-state index contributed by atoms with van der Waals surface area (Å²) < 4.78 is 1.36. The zero-order valence-electron chi connectivity index (χ0n) is 10.3. The van der Waals surface area contributed by atoms with E-state index in [4.69, 9.17) is 28.9 Å². The molecule has 2 heterocycles. The van der Waals surface area contributed by atoms with Gasteiger partial charge in [-0.1, -0.05) is 35.3 Å². The minimum Gasteiger partial charge on any atom is -0.399 e. The van der Waals surface area contributed by atoms with Crippen LogP contribution in [0.2, 0.25) is 8.67 Å². The first kappa shape index (κ1) is 13.9. The molecule has 0 bridgehead atoms. The summed E-state index contributed by atoms with van der Waals surface area (Å²) in [5.74, 6) is 0. The van der Waals surface area contributed by atoms with E-state index in [0.29, 0.717) is 8.67 Å². The number of hydrogen-bond donors (Lipinski definition) is 1. The van der Waals surface area contributed by atoms with Crippen LogP contribution in [0.4, 0.5) is 5.69 Å². The molecule has 20 heavy (non-hydrogen) atoms. The number of aromatic nitrogens is 1. The largest absolute Gasteiger partial charge is 0.399 e. The molecule has 0 atom stereocenters. The lowest BCUT2D eigenvalue weighted by molar-refractivity contribution is 1.14. The molecule has 2 aromatic heterocycles. The van der Waals surface area contributed by atoms with E-state index in [2.05, 4.69) is 4.98 Å². The number of anilines is 1. The minimum atomic E-state index is 0.679. The smallest absolute Gasteiger partial charge is 0.104 e. The molecule has 0 aliphatic heterocycles. The van der Waals surface area contributed by atoms with E-state index in [9.17, 15) is 0 Å². The van der Waals surface area contributed by atoms with E-state index in [1.807, 2.05) is 35.7 Å². The van der Waals surface area contributed by atoms with Gasteiger partial charge in [0.1, 0.15) is 4.34 Å². The first-order valence-electron chi connectivity index (χ1n) is 5.86. The van der Waals surface area contributed by atoms with Crippen LogP contribution in [0.25, 0.3) is 11.3 Å². The van der Waals surface area contributed by atoms with Crippen molar-refractivity contribution in [2.24, 2.45) is 0 Å². The van der Waals surface area contributed by atoms with Gasteiger partial charge in [0, 0.05) is 23.1 Å². The zero-order chi connectivity index (χ0) is 14.1. The molecule has 2 N–H and O–H groups in total. The van der Waals surface area contributed by atoms with Crippen molar-refractivity contribution in [2.75, 3.05) is 5.73 Å². The Hall–Kier alpha value is -1.07. The number of nitrogens with zero attached hydrogens (tertiary/aromatic N) is 1. The summed E-state index contributed by atoms with van der Waals surface area (Å²) in [6.45, 7) is 0. The minimum absolute atomic E-state index is 0.679. The number of halogens is 2. The molecule has 0 aliphatic carbocycles. The quantitative estimate of drug-likeness (QED) is 0.652. The van der Waals surface area contributed by atoms with E-state index < -0.39 is 0 Å². The fourth-order valence-corrected chi connectivity index (χ4v) is 4.15. The predicted octanol–water partition coefficient (Wildman–Crippen LogP) is 5.35. The third kappa shape index (κ3) is 2.99. The highest BCUT2D eigenvalue weighted by Crippen LogP contribution is 2.38. The number of nitrogens with two attached hydrogens (primary N) is 1. The van der Waals surface area contributed by atoms with E-state index in [0.717, 1.165) is 28.4 Å². The van der Waals surface area contributed by atoms with Gasteiger partial charge in [0.25, 0.3) is 0 Å². The Morgan fingerprint density at radius 1 is 1.15 bits per heavy atom. The van der Waals surface area contributed by atoms with Crippen LogP contribution in [0.1, 0.15) is 10.6 Å². The summed E-state index contributed by atoms with van der Waals surface area (Å²) in [7, 11) is 0. The van der Waals surface area contributed by atoms with Crippen molar-refractivity contribution in [1.82, 2.24) is 4.98 Å². The lowest BCUT2D eigenvalue weighted by Gasteiger charge is -1.98. The summed E-state index contributed by atoms with van der Waals surface area (Å²) in [6.07, 6.45) is 0.792. The van der Waals surface area contributed by atoms with Gasteiger partial charge >= 0.3 is 0 Å². The molecular formula is C14H10Cl2N2S2. The van der Waals surface area contributed by atoms with Gasteiger partial charge in [-0.3, -0.25) is 0 Å². The molecule has 0 spiro atoms. The van der Waals surface area contributed by atoms with Gasteiger partial charge in [0.2, 0.25) is 0 Å². The third-order valence-corrected chi connectivity index (χ3v) is 5.16. The summed E-state index contributed by atoms with van der Waals surface area (Å²) in [6, 6.07) is 9.70. The average Bonchev–Trinajstić information content (AvgIpc) is 2.99. The van der Waals surface area contributed by atoms with Gasteiger partial charge in [0.05, 0.1) is 15.0 Å². The van der Waals surface area contributed by atoms with Crippen LogP contribution in [-0.2, 0) is 6.42 Å². The van der Waals surface area contributed by atoms with Gasteiger partial charge in [-0.05, 0) is 23.8 Å².